The van der Waals surface area contributed by atoms with Gasteiger partial charge < -0.3 is 5.32 Å². The summed E-state index contributed by atoms with van der Waals surface area (Å²) in [6, 6.07) is 10.1. The highest BCUT2D eigenvalue weighted by molar-refractivity contribution is 6.30. The third-order valence-electron chi connectivity index (χ3n) is 3.54. The quantitative estimate of drug-likeness (QED) is 0.915. The maximum absolute atomic E-state index is 6.06. The van der Waals surface area contributed by atoms with Crippen molar-refractivity contribution in [1.82, 2.24) is 14.9 Å². The van der Waals surface area contributed by atoms with Gasteiger partial charge in [-0.15, -0.1) is 0 Å². The van der Waals surface area contributed by atoms with Gasteiger partial charge in [0.25, 0.3) is 0 Å². The van der Waals surface area contributed by atoms with E-state index >= 15 is 0 Å². The summed E-state index contributed by atoms with van der Waals surface area (Å²) >= 11 is 6.06. The van der Waals surface area contributed by atoms with Gasteiger partial charge in [0.05, 0.1) is 6.54 Å². The number of nitrogens with one attached hydrogen (secondary N) is 1. The van der Waals surface area contributed by atoms with Crippen LogP contribution < -0.4 is 5.32 Å². The van der Waals surface area contributed by atoms with Crippen LogP contribution in [0.2, 0.25) is 5.02 Å². The van der Waals surface area contributed by atoms with Crippen molar-refractivity contribution < 1.29 is 0 Å². The fourth-order valence-corrected chi connectivity index (χ4v) is 2.41. The van der Waals surface area contributed by atoms with Gasteiger partial charge in [-0.05, 0) is 38.6 Å². The molecule has 0 bridgehead atoms. The summed E-state index contributed by atoms with van der Waals surface area (Å²) < 4.78 is 0. The lowest BCUT2D eigenvalue weighted by atomic mass is 10.1. The van der Waals surface area contributed by atoms with E-state index in [0.717, 1.165) is 22.4 Å². The van der Waals surface area contributed by atoms with Crippen LogP contribution in [0.3, 0.4) is 0 Å². The Morgan fingerprint density at radius 3 is 2.71 bits per heavy atom. The number of nitrogens with zero attached hydrogens (tertiary/aromatic N) is 3. The Kier molecular flexibility index (Phi) is 5.15. The Bertz CT molecular complexity index is 615. The number of hydrogen-bond donors (Lipinski definition) is 1. The van der Waals surface area contributed by atoms with Crippen LogP contribution in [0.1, 0.15) is 30.0 Å². The van der Waals surface area contributed by atoms with Crippen LogP contribution in [0.4, 0.5) is 5.82 Å². The van der Waals surface area contributed by atoms with Gasteiger partial charge in [0.15, 0.2) is 0 Å². The zero-order valence-corrected chi connectivity index (χ0v) is 13.6. The molecule has 1 N–H and O–H groups in total. The first-order valence-electron chi connectivity index (χ1n) is 6.97. The number of anilines is 1. The highest BCUT2D eigenvalue weighted by Gasteiger charge is 2.14. The maximum atomic E-state index is 6.06. The fraction of sp³-hybridized carbons (Fsp3) is 0.375. The summed E-state index contributed by atoms with van der Waals surface area (Å²) in [4.78, 5) is 11.2. The molecule has 1 aromatic heterocycles. The van der Waals surface area contributed by atoms with Crippen molar-refractivity contribution >= 4 is 17.4 Å². The number of aromatic nitrogens is 2. The molecular formula is C16H21ClN4. The monoisotopic (exact) mass is 304 g/mol. The molecule has 0 aliphatic rings. The van der Waals surface area contributed by atoms with Gasteiger partial charge >= 0.3 is 0 Å². The van der Waals surface area contributed by atoms with E-state index in [1.165, 1.54) is 5.56 Å². The van der Waals surface area contributed by atoms with Crippen molar-refractivity contribution in [2.75, 3.05) is 19.4 Å². The number of hydrogen-bond acceptors (Lipinski definition) is 4. The first kappa shape index (κ1) is 15.7. The standard InChI is InChI=1S/C16H21ClN4/c1-11-8-15(18-3)20-16(19-11)10-21(4)12(2)13-6-5-7-14(17)9-13/h5-9,12H,10H2,1-4H3,(H,18,19,20). The predicted molar refractivity (Wildman–Crippen MR) is 87.6 cm³/mol. The zero-order chi connectivity index (χ0) is 15.4. The van der Waals surface area contributed by atoms with E-state index in [9.17, 15) is 0 Å². The van der Waals surface area contributed by atoms with Gasteiger partial charge in [-0.3, -0.25) is 4.90 Å². The second-order valence-electron chi connectivity index (χ2n) is 5.21. The van der Waals surface area contributed by atoms with Gasteiger partial charge in [0.1, 0.15) is 11.6 Å². The lowest BCUT2D eigenvalue weighted by Crippen LogP contribution is -2.23. The van der Waals surface area contributed by atoms with Crippen molar-refractivity contribution in [2.45, 2.75) is 26.4 Å². The molecule has 0 amide bonds. The molecule has 1 aromatic carbocycles. The third-order valence-corrected chi connectivity index (χ3v) is 3.77. The Balaban J connectivity index is 2.13. The van der Waals surface area contributed by atoms with Gasteiger partial charge in [-0.2, -0.15) is 0 Å². The molecule has 21 heavy (non-hydrogen) atoms. The Hall–Kier alpha value is -1.65. The average Bonchev–Trinajstić information content (AvgIpc) is 2.45. The molecule has 0 aliphatic carbocycles. The SMILES string of the molecule is CNc1cc(C)nc(CN(C)C(C)c2cccc(Cl)c2)n1. The highest BCUT2D eigenvalue weighted by Crippen LogP contribution is 2.23. The Morgan fingerprint density at radius 1 is 1.29 bits per heavy atom. The average molecular weight is 305 g/mol. The summed E-state index contributed by atoms with van der Waals surface area (Å²) in [5.41, 5.74) is 2.15. The molecule has 4 nitrogen and oxygen atoms in total. The predicted octanol–water partition coefficient (Wildman–Crippen LogP) is 3.67. The smallest absolute Gasteiger partial charge is 0.144 e. The molecule has 0 saturated heterocycles. The Labute approximate surface area is 131 Å². The van der Waals surface area contributed by atoms with Crippen LogP contribution in [-0.2, 0) is 6.54 Å². The largest absolute Gasteiger partial charge is 0.373 e. The highest BCUT2D eigenvalue weighted by atomic mass is 35.5. The van der Waals surface area contributed by atoms with Crippen LogP contribution in [0.25, 0.3) is 0 Å². The van der Waals surface area contributed by atoms with Crippen molar-refractivity contribution in [1.29, 1.82) is 0 Å². The summed E-state index contributed by atoms with van der Waals surface area (Å²) in [5, 5.41) is 3.82. The molecule has 5 heteroatoms. The molecule has 0 fully saturated rings. The second kappa shape index (κ2) is 6.87. The van der Waals surface area contributed by atoms with Gasteiger partial charge in [-0.25, -0.2) is 9.97 Å². The van der Waals surface area contributed by atoms with E-state index in [1.54, 1.807) is 0 Å². The van der Waals surface area contributed by atoms with Gasteiger partial charge in [0, 0.05) is 29.9 Å². The van der Waals surface area contributed by atoms with Crippen molar-refractivity contribution in [3.05, 3.63) is 52.4 Å². The minimum absolute atomic E-state index is 0.242. The van der Waals surface area contributed by atoms with Crippen molar-refractivity contribution in [3.63, 3.8) is 0 Å². The number of aryl methyl sites for hydroxylation is 1. The molecular weight excluding hydrogens is 284 g/mol. The van der Waals surface area contributed by atoms with Crippen LogP contribution in [-0.4, -0.2) is 29.0 Å². The first-order chi connectivity index (χ1) is 9.99. The van der Waals surface area contributed by atoms with E-state index in [0.29, 0.717) is 6.54 Å². The molecule has 0 radical (unpaired) electrons. The molecule has 0 saturated carbocycles. The summed E-state index contributed by atoms with van der Waals surface area (Å²) in [5.74, 6) is 1.66. The minimum Gasteiger partial charge on any atom is -0.373 e. The lowest BCUT2D eigenvalue weighted by molar-refractivity contribution is 0.247. The molecule has 112 valence electrons. The molecule has 2 aromatic rings. The van der Waals surface area contributed by atoms with E-state index in [1.807, 2.05) is 38.2 Å². The van der Waals surface area contributed by atoms with Gasteiger partial charge in [0.2, 0.25) is 0 Å². The van der Waals surface area contributed by atoms with E-state index in [4.69, 9.17) is 11.6 Å². The fourth-order valence-electron chi connectivity index (χ4n) is 2.21. The molecule has 1 atom stereocenters. The maximum Gasteiger partial charge on any atom is 0.144 e. The minimum atomic E-state index is 0.242. The number of rotatable bonds is 5. The Morgan fingerprint density at radius 2 is 2.05 bits per heavy atom. The molecule has 1 unspecified atom stereocenters. The van der Waals surface area contributed by atoms with E-state index < -0.39 is 0 Å². The zero-order valence-electron chi connectivity index (χ0n) is 12.9. The topological polar surface area (TPSA) is 41.1 Å². The summed E-state index contributed by atoms with van der Waals surface area (Å²) in [6.45, 7) is 4.82. The summed E-state index contributed by atoms with van der Waals surface area (Å²) in [7, 11) is 3.93. The van der Waals surface area contributed by atoms with Crippen LogP contribution in [0.5, 0.6) is 0 Å². The molecule has 0 aliphatic heterocycles. The van der Waals surface area contributed by atoms with Crippen molar-refractivity contribution in [3.8, 4) is 0 Å². The van der Waals surface area contributed by atoms with Crippen LogP contribution >= 0.6 is 11.6 Å². The molecule has 0 spiro atoms. The first-order valence-corrected chi connectivity index (χ1v) is 7.35. The van der Waals surface area contributed by atoms with Crippen molar-refractivity contribution in [2.24, 2.45) is 0 Å². The van der Waals surface area contributed by atoms with E-state index in [2.05, 4.69) is 40.2 Å². The van der Waals surface area contributed by atoms with Crippen LogP contribution in [0.15, 0.2) is 30.3 Å². The number of halogens is 1. The lowest BCUT2D eigenvalue weighted by Gasteiger charge is -2.24. The summed E-state index contributed by atoms with van der Waals surface area (Å²) in [6.07, 6.45) is 0. The third kappa shape index (κ3) is 4.16. The molecule has 2 rings (SSSR count). The number of benzene rings is 1. The normalized spacial score (nSPS) is 12.5. The molecule has 1 heterocycles. The van der Waals surface area contributed by atoms with E-state index in [-0.39, 0.29) is 6.04 Å². The second-order valence-corrected chi connectivity index (χ2v) is 5.64. The van der Waals surface area contributed by atoms with Crippen LogP contribution in [0, 0.1) is 6.92 Å². The van der Waals surface area contributed by atoms with Gasteiger partial charge in [-0.1, -0.05) is 23.7 Å².